The summed E-state index contributed by atoms with van der Waals surface area (Å²) in [5.74, 6) is -1.40. The van der Waals surface area contributed by atoms with Crippen LogP contribution >= 0.6 is 11.6 Å². The van der Waals surface area contributed by atoms with Crippen LogP contribution < -0.4 is 0 Å². The first kappa shape index (κ1) is 16.2. The standard InChI is InChI=1S/C18H15ClN2O3/c1-11(22)15-16(13-4-6-14(19)7-5-13)21(18(24)17(15)23)10-12-3-2-8-20-9-12/h2-9,16,23H,10H2,1H3/t16-/m0/s1. The summed E-state index contributed by atoms with van der Waals surface area (Å²) in [7, 11) is 0. The van der Waals surface area contributed by atoms with Crippen molar-refractivity contribution >= 4 is 23.3 Å². The topological polar surface area (TPSA) is 70.5 Å². The molecular weight excluding hydrogens is 328 g/mol. The van der Waals surface area contributed by atoms with Gasteiger partial charge in [-0.2, -0.15) is 0 Å². The number of halogens is 1. The zero-order chi connectivity index (χ0) is 17.3. The Balaban J connectivity index is 2.04. The number of rotatable bonds is 4. The summed E-state index contributed by atoms with van der Waals surface area (Å²) in [5, 5.41) is 10.7. The Morgan fingerprint density at radius 1 is 1.29 bits per heavy atom. The van der Waals surface area contributed by atoms with E-state index in [0.717, 1.165) is 5.56 Å². The molecule has 1 amide bonds. The maximum Gasteiger partial charge on any atom is 0.290 e. The Kier molecular flexibility index (Phi) is 4.36. The molecule has 2 aromatic rings. The van der Waals surface area contributed by atoms with E-state index in [1.54, 1.807) is 42.7 Å². The Labute approximate surface area is 144 Å². The first-order valence-electron chi connectivity index (χ1n) is 7.38. The van der Waals surface area contributed by atoms with Crippen LogP contribution in [-0.4, -0.2) is 26.7 Å². The molecule has 1 N–H and O–H groups in total. The van der Waals surface area contributed by atoms with Gasteiger partial charge in [-0.05, 0) is 36.2 Å². The number of aliphatic hydroxyl groups is 1. The van der Waals surface area contributed by atoms with Crippen LogP contribution in [0.15, 0.2) is 60.1 Å². The van der Waals surface area contributed by atoms with Crippen molar-refractivity contribution in [2.45, 2.75) is 19.5 Å². The average molecular weight is 343 g/mol. The van der Waals surface area contributed by atoms with E-state index in [0.29, 0.717) is 10.6 Å². The minimum absolute atomic E-state index is 0.103. The summed E-state index contributed by atoms with van der Waals surface area (Å²) in [5.41, 5.74) is 1.62. The lowest BCUT2D eigenvalue weighted by molar-refractivity contribution is -0.130. The lowest BCUT2D eigenvalue weighted by Gasteiger charge is -2.26. The Bertz CT molecular complexity index is 816. The van der Waals surface area contributed by atoms with Crippen LogP contribution in [0.25, 0.3) is 0 Å². The second kappa shape index (κ2) is 6.45. The van der Waals surface area contributed by atoms with Gasteiger partial charge in [-0.3, -0.25) is 14.6 Å². The molecule has 0 aliphatic carbocycles. The molecule has 0 spiro atoms. The number of hydrogen-bond acceptors (Lipinski definition) is 4. The fourth-order valence-corrected chi connectivity index (χ4v) is 2.98. The van der Waals surface area contributed by atoms with E-state index in [2.05, 4.69) is 4.98 Å². The Hall–Kier alpha value is -2.66. The predicted molar refractivity (Wildman–Crippen MR) is 89.3 cm³/mol. The quantitative estimate of drug-likeness (QED) is 0.926. The highest BCUT2D eigenvalue weighted by Gasteiger charge is 2.42. The van der Waals surface area contributed by atoms with E-state index in [1.807, 2.05) is 6.07 Å². The van der Waals surface area contributed by atoms with Crippen LogP contribution in [0.5, 0.6) is 0 Å². The lowest BCUT2D eigenvalue weighted by atomic mass is 9.96. The molecule has 1 aromatic heterocycles. The van der Waals surface area contributed by atoms with Gasteiger partial charge in [-0.15, -0.1) is 0 Å². The number of carbonyl (C=O) groups excluding carboxylic acids is 2. The van der Waals surface area contributed by atoms with Crippen molar-refractivity contribution in [2.24, 2.45) is 0 Å². The molecule has 0 fully saturated rings. The molecule has 0 unspecified atom stereocenters. The number of aromatic nitrogens is 1. The number of hydrogen-bond donors (Lipinski definition) is 1. The first-order valence-corrected chi connectivity index (χ1v) is 7.76. The Morgan fingerprint density at radius 2 is 2.00 bits per heavy atom. The van der Waals surface area contributed by atoms with Crippen molar-refractivity contribution in [3.63, 3.8) is 0 Å². The van der Waals surface area contributed by atoms with Gasteiger partial charge in [0.1, 0.15) is 0 Å². The number of nitrogens with zero attached hydrogens (tertiary/aromatic N) is 2. The molecule has 1 aromatic carbocycles. The molecule has 5 nitrogen and oxygen atoms in total. The molecule has 0 bridgehead atoms. The third-order valence-electron chi connectivity index (χ3n) is 3.94. The van der Waals surface area contributed by atoms with Gasteiger partial charge >= 0.3 is 0 Å². The molecule has 24 heavy (non-hydrogen) atoms. The minimum atomic E-state index is -0.646. The number of pyridine rings is 1. The molecule has 1 aliphatic heterocycles. The number of benzene rings is 1. The van der Waals surface area contributed by atoms with Crippen LogP contribution in [-0.2, 0) is 16.1 Å². The zero-order valence-corrected chi connectivity index (χ0v) is 13.7. The van der Waals surface area contributed by atoms with E-state index < -0.39 is 17.7 Å². The van der Waals surface area contributed by atoms with E-state index in [1.165, 1.54) is 11.8 Å². The second-order valence-corrected chi connectivity index (χ2v) is 6.00. The van der Waals surface area contributed by atoms with Crippen LogP contribution in [0.4, 0.5) is 0 Å². The normalized spacial score (nSPS) is 17.5. The van der Waals surface area contributed by atoms with Crippen LogP contribution in [0, 0.1) is 0 Å². The van der Waals surface area contributed by atoms with Crippen molar-refractivity contribution in [1.82, 2.24) is 9.88 Å². The van der Waals surface area contributed by atoms with Gasteiger partial charge in [-0.1, -0.05) is 29.8 Å². The van der Waals surface area contributed by atoms with Gasteiger partial charge in [0, 0.05) is 24.0 Å². The smallest absolute Gasteiger partial charge is 0.290 e. The average Bonchev–Trinajstić information content (AvgIpc) is 2.82. The van der Waals surface area contributed by atoms with Crippen molar-refractivity contribution in [3.8, 4) is 0 Å². The van der Waals surface area contributed by atoms with Gasteiger partial charge in [0.05, 0.1) is 11.6 Å². The fourth-order valence-electron chi connectivity index (χ4n) is 2.86. The molecule has 1 aliphatic rings. The molecular formula is C18H15ClN2O3. The summed E-state index contributed by atoms with van der Waals surface area (Å²) in [6.07, 6.45) is 3.29. The maximum absolute atomic E-state index is 12.5. The van der Waals surface area contributed by atoms with Crippen LogP contribution in [0.1, 0.15) is 24.1 Å². The fraction of sp³-hybridized carbons (Fsp3) is 0.167. The molecule has 2 heterocycles. The van der Waals surface area contributed by atoms with Crippen molar-refractivity contribution < 1.29 is 14.7 Å². The van der Waals surface area contributed by atoms with Crippen LogP contribution in [0.3, 0.4) is 0 Å². The van der Waals surface area contributed by atoms with Gasteiger partial charge in [0.2, 0.25) is 0 Å². The molecule has 6 heteroatoms. The highest BCUT2D eigenvalue weighted by molar-refractivity contribution is 6.30. The number of amides is 1. The summed E-state index contributed by atoms with van der Waals surface area (Å²) in [6, 6.07) is 9.84. The van der Waals surface area contributed by atoms with E-state index >= 15 is 0 Å². The van der Waals surface area contributed by atoms with Crippen LogP contribution in [0.2, 0.25) is 5.02 Å². The summed E-state index contributed by atoms with van der Waals surface area (Å²) >= 11 is 5.92. The molecule has 0 saturated carbocycles. The van der Waals surface area contributed by atoms with E-state index in [9.17, 15) is 14.7 Å². The second-order valence-electron chi connectivity index (χ2n) is 5.57. The molecule has 122 valence electrons. The molecule has 1 atom stereocenters. The highest BCUT2D eigenvalue weighted by Crippen LogP contribution is 2.38. The monoisotopic (exact) mass is 342 g/mol. The summed E-state index contributed by atoms with van der Waals surface area (Å²) < 4.78 is 0. The first-order chi connectivity index (χ1) is 11.5. The Morgan fingerprint density at radius 3 is 2.58 bits per heavy atom. The van der Waals surface area contributed by atoms with Gasteiger partial charge < -0.3 is 10.0 Å². The highest BCUT2D eigenvalue weighted by atomic mass is 35.5. The number of Topliss-reactive ketones (excluding diaryl/α,β-unsaturated/α-hetero) is 1. The minimum Gasteiger partial charge on any atom is -0.503 e. The SMILES string of the molecule is CC(=O)C1=C(O)C(=O)N(Cc2cccnc2)[C@H]1c1ccc(Cl)cc1. The summed E-state index contributed by atoms with van der Waals surface area (Å²) in [4.78, 5) is 30.0. The number of ketones is 1. The van der Waals surface area contributed by atoms with Crippen molar-refractivity contribution in [1.29, 1.82) is 0 Å². The number of carbonyl (C=O) groups is 2. The lowest BCUT2D eigenvalue weighted by Crippen LogP contribution is -2.30. The number of aliphatic hydroxyl groups excluding tert-OH is 1. The van der Waals surface area contributed by atoms with Gasteiger partial charge in [0.25, 0.3) is 5.91 Å². The van der Waals surface area contributed by atoms with E-state index in [4.69, 9.17) is 11.6 Å². The third-order valence-corrected chi connectivity index (χ3v) is 4.20. The maximum atomic E-state index is 12.5. The van der Waals surface area contributed by atoms with Gasteiger partial charge in [0.15, 0.2) is 11.5 Å². The van der Waals surface area contributed by atoms with Crippen molar-refractivity contribution in [3.05, 3.63) is 76.3 Å². The third kappa shape index (κ3) is 2.90. The molecule has 0 radical (unpaired) electrons. The van der Waals surface area contributed by atoms with Crippen molar-refractivity contribution in [2.75, 3.05) is 0 Å². The molecule has 3 rings (SSSR count). The largest absolute Gasteiger partial charge is 0.503 e. The summed E-state index contributed by atoms with van der Waals surface area (Å²) in [6.45, 7) is 1.58. The van der Waals surface area contributed by atoms with E-state index in [-0.39, 0.29) is 17.9 Å². The molecule has 0 saturated heterocycles. The zero-order valence-electron chi connectivity index (χ0n) is 12.9. The predicted octanol–water partition coefficient (Wildman–Crippen LogP) is 3.22. The van der Waals surface area contributed by atoms with Gasteiger partial charge in [-0.25, -0.2) is 0 Å².